The van der Waals surface area contributed by atoms with Crippen molar-refractivity contribution >= 4 is 17.0 Å². The molecule has 6 nitrogen and oxygen atoms in total. The highest BCUT2D eigenvalue weighted by Crippen LogP contribution is 2.34. The van der Waals surface area contributed by atoms with E-state index in [9.17, 15) is 9.50 Å². The molecule has 3 aromatic heterocycles. The number of imidazole rings is 1. The summed E-state index contributed by atoms with van der Waals surface area (Å²) in [4.78, 5) is 8.76. The zero-order valence-electron chi connectivity index (χ0n) is 16.0. The van der Waals surface area contributed by atoms with E-state index in [0.29, 0.717) is 28.4 Å². The Morgan fingerprint density at radius 3 is 2.67 bits per heavy atom. The first-order valence-corrected chi connectivity index (χ1v) is 9.32. The van der Waals surface area contributed by atoms with E-state index in [2.05, 4.69) is 10.3 Å². The van der Waals surface area contributed by atoms with Crippen molar-refractivity contribution in [1.29, 1.82) is 0 Å². The first-order chi connectivity index (χ1) is 14.6. The molecular weight excluding hydrogens is 383 g/mol. The van der Waals surface area contributed by atoms with E-state index in [0.717, 1.165) is 16.9 Å². The van der Waals surface area contributed by atoms with Gasteiger partial charge in [-0.1, -0.05) is 0 Å². The van der Waals surface area contributed by atoms with Gasteiger partial charge in [-0.05, 0) is 55.5 Å². The average Bonchev–Trinajstić information content (AvgIpc) is 3.36. The largest absolute Gasteiger partial charge is 0.507 e. The van der Waals surface area contributed by atoms with Gasteiger partial charge in [0.05, 0.1) is 22.6 Å². The van der Waals surface area contributed by atoms with Gasteiger partial charge in [0.1, 0.15) is 11.6 Å². The minimum atomic E-state index is -0.284. The zero-order valence-corrected chi connectivity index (χ0v) is 16.0. The van der Waals surface area contributed by atoms with Gasteiger partial charge < -0.3 is 19.2 Å². The molecule has 0 atom stereocenters. The van der Waals surface area contributed by atoms with Crippen LogP contribution in [0, 0.1) is 12.7 Å². The van der Waals surface area contributed by atoms with Gasteiger partial charge in [-0.2, -0.15) is 0 Å². The molecule has 5 rings (SSSR count). The lowest BCUT2D eigenvalue weighted by atomic mass is 10.1. The summed E-state index contributed by atoms with van der Waals surface area (Å²) in [5, 5.41) is 13.8. The van der Waals surface area contributed by atoms with Crippen molar-refractivity contribution in [1.82, 2.24) is 14.4 Å². The van der Waals surface area contributed by atoms with Crippen LogP contribution in [-0.2, 0) is 0 Å². The number of fused-ring (bicyclic) bond motifs is 1. The van der Waals surface area contributed by atoms with Crippen molar-refractivity contribution in [2.75, 3.05) is 5.32 Å². The fraction of sp³-hybridized carbons (Fsp3) is 0.0435. The number of halogens is 1. The maximum Gasteiger partial charge on any atom is 0.181 e. The predicted octanol–water partition coefficient (Wildman–Crippen LogP) is 5.55. The summed E-state index contributed by atoms with van der Waals surface area (Å²) >= 11 is 0. The molecule has 0 aliphatic carbocycles. The minimum Gasteiger partial charge on any atom is -0.507 e. The zero-order chi connectivity index (χ0) is 20.7. The highest BCUT2D eigenvalue weighted by molar-refractivity contribution is 5.79. The molecule has 0 aliphatic heterocycles. The summed E-state index contributed by atoms with van der Waals surface area (Å²) in [5.74, 6) is 0.342. The highest BCUT2D eigenvalue weighted by atomic mass is 19.1. The highest BCUT2D eigenvalue weighted by Gasteiger charge is 2.13. The molecule has 3 heterocycles. The van der Waals surface area contributed by atoms with Crippen LogP contribution in [0.5, 0.6) is 5.75 Å². The first kappa shape index (κ1) is 17.9. The monoisotopic (exact) mass is 400 g/mol. The van der Waals surface area contributed by atoms with Gasteiger partial charge in [-0.3, -0.25) is 0 Å². The van der Waals surface area contributed by atoms with Gasteiger partial charge in [-0.15, -0.1) is 0 Å². The Kier molecular flexibility index (Phi) is 4.21. The molecule has 0 fully saturated rings. The van der Waals surface area contributed by atoms with Crippen molar-refractivity contribution in [3.8, 4) is 28.3 Å². The number of phenolic OH excluding ortho intramolecular Hbond substituents is 1. The number of nitrogens with one attached hydrogen (secondary N) is 1. The molecule has 0 amide bonds. The third-order valence-electron chi connectivity index (χ3n) is 4.89. The number of hydrogen-bond acceptors (Lipinski definition) is 5. The number of rotatable bonds is 4. The number of benzene rings is 2. The van der Waals surface area contributed by atoms with E-state index in [1.165, 1.54) is 18.5 Å². The van der Waals surface area contributed by atoms with Gasteiger partial charge in [0.25, 0.3) is 0 Å². The fourth-order valence-electron chi connectivity index (χ4n) is 3.39. The Morgan fingerprint density at radius 1 is 1.10 bits per heavy atom. The smallest absolute Gasteiger partial charge is 0.181 e. The molecule has 0 saturated carbocycles. The van der Waals surface area contributed by atoms with Crippen LogP contribution in [0.3, 0.4) is 0 Å². The molecule has 7 heteroatoms. The van der Waals surface area contributed by atoms with E-state index < -0.39 is 0 Å². The second-order valence-electron chi connectivity index (χ2n) is 6.91. The van der Waals surface area contributed by atoms with Crippen molar-refractivity contribution < 1.29 is 13.9 Å². The molecular formula is C23H17FN4O2. The molecule has 0 saturated heterocycles. The summed E-state index contributed by atoms with van der Waals surface area (Å²) in [6.07, 6.45) is 5.14. The second-order valence-corrected chi connectivity index (χ2v) is 6.91. The maximum absolute atomic E-state index is 13.2. The van der Waals surface area contributed by atoms with Crippen LogP contribution in [0.15, 0.2) is 77.8 Å². The molecule has 30 heavy (non-hydrogen) atoms. The number of phenols is 1. The van der Waals surface area contributed by atoms with Crippen LogP contribution in [-0.4, -0.2) is 19.5 Å². The fourth-order valence-corrected chi connectivity index (χ4v) is 3.39. The Morgan fingerprint density at radius 2 is 1.93 bits per heavy atom. The number of aryl methyl sites for hydroxylation is 1. The lowest BCUT2D eigenvalue weighted by molar-refractivity contribution is 0.473. The summed E-state index contributed by atoms with van der Waals surface area (Å²) in [6, 6.07) is 15.3. The van der Waals surface area contributed by atoms with Crippen LogP contribution >= 0.6 is 0 Å². The molecule has 0 radical (unpaired) electrons. The van der Waals surface area contributed by atoms with Crippen LogP contribution in [0.4, 0.5) is 15.8 Å². The van der Waals surface area contributed by atoms with Crippen molar-refractivity contribution in [3.63, 3.8) is 0 Å². The number of nitrogens with zero attached hydrogens (tertiary/aromatic N) is 3. The first-order valence-electron chi connectivity index (χ1n) is 9.32. The molecule has 0 spiro atoms. The van der Waals surface area contributed by atoms with Crippen LogP contribution in [0.2, 0.25) is 0 Å². The van der Waals surface area contributed by atoms with Crippen molar-refractivity contribution in [2.45, 2.75) is 6.92 Å². The molecule has 2 aromatic carbocycles. The lowest BCUT2D eigenvalue weighted by Gasteiger charge is -2.10. The second kappa shape index (κ2) is 7.04. The topological polar surface area (TPSA) is 75.6 Å². The van der Waals surface area contributed by atoms with E-state index in [1.807, 2.05) is 41.9 Å². The average molecular weight is 400 g/mol. The third kappa shape index (κ3) is 3.16. The van der Waals surface area contributed by atoms with E-state index in [4.69, 9.17) is 9.40 Å². The lowest BCUT2D eigenvalue weighted by Crippen LogP contribution is -1.94. The van der Waals surface area contributed by atoms with Gasteiger partial charge >= 0.3 is 0 Å². The summed E-state index contributed by atoms with van der Waals surface area (Å²) in [6.45, 7) is 1.82. The number of aromatic hydroxyl groups is 1. The number of aromatic nitrogens is 3. The van der Waals surface area contributed by atoms with Crippen LogP contribution < -0.4 is 5.32 Å². The van der Waals surface area contributed by atoms with E-state index >= 15 is 0 Å². The number of oxazole rings is 1. The van der Waals surface area contributed by atoms with Gasteiger partial charge in [-0.25, -0.2) is 14.4 Å². The van der Waals surface area contributed by atoms with Gasteiger partial charge in [0.2, 0.25) is 0 Å². The quantitative estimate of drug-likeness (QED) is 0.413. The summed E-state index contributed by atoms with van der Waals surface area (Å²) < 4.78 is 20.5. The molecule has 0 unspecified atom stereocenters. The Labute approximate surface area is 171 Å². The minimum absolute atomic E-state index is 0.0853. The predicted molar refractivity (Wildman–Crippen MR) is 112 cm³/mol. The normalized spacial score (nSPS) is 11.1. The van der Waals surface area contributed by atoms with Crippen LogP contribution in [0.1, 0.15) is 5.69 Å². The Balaban J connectivity index is 1.49. The Hall–Kier alpha value is -4.13. The van der Waals surface area contributed by atoms with E-state index in [-0.39, 0.29) is 11.6 Å². The Bertz CT molecular complexity index is 1360. The van der Waals surface area contributed by atoms with Crippen molar-refractivity contribution in [3.05, 3.63) is 84.9 Å². The third-order valence-corrected chi connectivity index (χ3v) is 4.89. The van der Waals surface area contributed by atoms with E-state index in [1.54, 1.807) is 24.3 Å². The summed E-state index contributed by atoms with van der Waals surface area (Å²) in [5.41, 5.74) is 5.04. The number of anilines is 2. The number of pyridine rings is 1. The molecule has 0 aliphatic rings. The SMILES string of the molecule is Cc1ncoc1-c1ccc(Nc2cccn3cc(-c4ccc(F)cc4)nc23)cc1O. The standard InChI is InChI=1S/C23H17FN4O2/c1-14-22(30-13-25-14)18-9-8-17(11-21(18)29)26-19-3-2-10-28-12-20(27-23(19)28)15-4-6-16(24)7-5-15/h2-13,26,29H,1H3. The number of hydrogen-bond donors (Lipinski definition) is 2. The molecule has 2 N–H and O–H groups in total. The van der Waals surface area contributed by atoms with Crippen LogP contribution in [0.25, 0.3) is 28.2 Å². The molecule has 5 aromatic rings. The summed E-state index contributed by atoms with van der Waals surface area (Å²) in [7, 11) is 0. The maximum atomic E-state index is 13.2. The van der Waals surface area contributed by atoms with Crippen molar-refractivity contribution in [2.24, 2.45) is 0 Å². The van der Waals surface area contributed by atoms with Gasteiger partial charge in [0, 0.05) is 29.7 Å². The van der Waals surface area contributed by atoms with Gasteiger partial charge in [0.15, 0.2) is 17.8 Å². The molecule has 148 valence electrons. The molecule has 0 bridgehead atoms.